The van der Waals surface area contributed by atoms with Crippen LogP contribution < -0.4 is 4.74 Å². The van der Waals surface area contributed by atoms with Crippen LogP contribution in [0.15, 0.2) is 24.3 Å². The third kappa shape index (κ3) is 3.98. The molecule has 0 saturated carbocycles. The third-order valence-corrected chi connectivity index (χ3v) is 1.73. The lowest BCUT2D eigenvalue weighted by Crippen LogP contribution is -2.09. The molecule has 0 saturated heterocycles. The minimum atomic E-state index is 0.00871. The second kappa shape index (κ2) is 6.82. The summed E-state index contributed by atoms with van der Waals surface area (Å²) < 4.78 is 10.4. The molecule has 1 aromatic carbocycles. The lowest BCUT2D eigenvalue weighted by atomic mass is 10.2. The molecule has 0 spiro atoms. The van der Waals surface area contributed by atoms with Gasteiger partial charge in [-0.05, 0) is 12.1 Å². The van der Waals surface area contributed by atoms with Crippen LogP contribution in [0.1, 0.15) is 5.56 Å². The predicted octanol–water partition coefficient (Wildman–Crippen LogP) is 0.946. The second-order valence-corrected chi connectivity index (χ2v) is 2.79. The Hall–Kier alpha value is -1.57. The van der Waals surface area contributed by atoms with Crippen LogP contribution in [-0.2, 0) is 4.74 Å². The summed E-state index contributed by atoms with van der Waals surface area (Å²) in [5.74, 6) is 0.563. The topological polar surface area (TPSA) is 62.5 Å². The van der Waals surface area contributed by atoms with Crippen LogP contribution in [0.4, 0.5) is 0 Å². The van der Waals surface area contributed by atoms with Gasteiger partial charge in [-0.15, -0.1) is 0 Å². The third-order valence-electron chi connectivity index (χ3n) is 1.73. The summed E-state index contributed by atoms with van der Waals surface area (Å²) in [4.78, 5) is 0. The van der Waals surface area contributed by atoms with E-state index >= 15 is 0 Å². The molecular weight excluding hydrogens is 194 g/mol. The normalized spacial score (nSPS) is 9.60. The van der Waals surface area contributed by atoms with Crippen LogP contribution >= 0.6 is 0 Å². The molecule has 15 heavy (non-hydrogen) atoms. The molecule has 0 radical (unpaired) electrons. The van der Waals surface area contributed by atoms with E-state index in [1.54, 1.807) is 18.2 Å². The Bertz CT molecular complexity index is 333. The zero-order valence-corrected chi connectivity index (χ0v) is 8.35. The molecule has 1 aromatic rings. The van der Waals surface area contributed by atoms with Crippen LogP contribution in [0, 0.1) is 11.3 Å². The molecule has 0 atom stereocenters. The smallest absolute Gasteiger partial charge is 0.137 e. The fraction of sp³-hybridized carbons (Fsp3) is 0.364. The van der Waals surface area contributed by atoms with Crippen molar-refractivity contribution in [1.82, 2.24) is 0 Å². The quantitative estimate of drug-likeness (QED) is 0.705. The first-order valence-corrected chi connectivity index (χ1v) is 4.69. The number of para-hydroxylation sites is 1. The summed E-state index contributed by atoms with van der Waals surface area (Å²) >= 11 is 0. The molecule has 0 bridgehead atoms. The maximum atomic E-state index is 8.76. The van der Waals surface area contributed by atoms with E-state index in [1.807, 2.05) is 12.1 Å². The minimum absolute atomic E-state index is 0.00871. The molecule has 0 amide bonds. The van der Waals surface area contributed by atoms with E-state index < -0.39 is 0 Å². The molecule has 0 aliphatic carbocycles. The molecule has 0 fully saturated rings. The highest BCUT2D eigenvalue weighted by molar-refractivity contribution is 5.42. The number of benzene rings is 1. The van der Waals surface area contributed by atoms with Gasteiger partial charge in [0.05, 0.1) is 25.4 Å². The first kappa shape index (κ1) is 11.5. The van der Waals surface area contributed by atoms with Crippen molar-refractivity contribution in [3.8, 4) is 11.8 Å². The van der Waals surface area contributed by atoms with E-state index in [1.165, 1.54) is 0 Å². The Morgan fingerprint density at radius 1 is 1.20 bits per heavy atom. The molecular formula is C11H13NO3. The van der Waals surface area contributed by atoms with Gasteiger partial charge in [-0.1, -0.05) is 12.1 Å². The molecule has 0 aliphatic rings. The van der Waals surface area contributed by atoms with Crippen molar-refractivity contribution in [2.24, 2.45) is 0 Å². The Morgan fingerprint density at radius 2 is 2.00 bits per heavy atom. The second-order valence-electron chi connectivity index (χ2n) is 2.79. The van der Waals surface area contributed by atoms with Gasteiger partial charge in [0.25, 0.3) is 0 Å². The van der Waals surface area contributed by atoms with Crippen LogP contribution in [-0.4, -0.2) is 31.5 Å². The molecule has 0 unspecified atom stereocenters. The van der Waals surface area contributed by atoms with Gasteiger partial charge >= 0.3 is 0 Å². The van der Waals surface area contributed by atoms with E-state index in [2.05, 4.69) is 0 Å². The van der Waals surface area contributed by atoms with Gasteiger partial charge in [-0.3, -0.25) is 0 Å². The van der Waals surface area contributed by atoms with Gasteiger partial charge in [0.15, 0.2) is 0 Å². The van der Waals surface area contributed by atoms with Crippen LogP contribution in [0.3, 0.4) is 0 Å². The summed E-state index contributed by atoms with van der Waals surface area (Å²) in [5.41, 5.74) is 0.514. The van der Waals surface area contributed by atoms with E-state index in [9.17, 15) is 0 Å². The van der Waals surface area contributed by atoms with Crippen molar-refractivity contribution in [2.75, 3.05) is 26.4 Å². The SMILES string of the molecule is N#Cc1ccccc1OCCOCCO. The van der Waals surface area contributed by atoms with Crippen molar-refractivity contribution in [3.63, 3.8) is 0 Å². The van der Waals surface area contributed by atoms with E-state index in [0.29, 0.717) is 31.1 Å². The van der Waals surface area contributed by atoms with Crippen molar-refractivity contribution >= 4 is 0 Å². The minimum Gasteiger partial charge on any atom is -0.490 e. The molecule has 1 rings (SSSR count). The Morgan fingerprint density at radius 3 is 2.73 bits per heavy atom. The first-order chi connectivity index (χ1) is 7.38. The maximum Gasteiger partial charge on any atom is 0.137 e. The van der Waals surface area contributed by atoms with Crippen molar-refractivity contribution in [3.05, 3.63) is 29.8 Å². The fourth-order valence-electron chi connectivity index (χ4n) is 1.06. The van der Waals surface area contributed by atoms with E-state index in [4.69, 9.17) is 19.8 Å². The van der Waals surface area contributed by atoms with Crippen molar-refractivity contribution in [1.29, 1.82) is 5.26 Å². The Kier molecular flexibility index (Phi) is 5.23. The number of nitriles is 1. The van der Waals surface area contributed by atoms with Crippen molar-refractivity contribution in [2.45, 2.75) is 0 Å². The Labute approximate surface area is 88.7 Å². The average Bonchev–Trinajstić information content (AvgIpc) is 2.29. The van der Waals surface area contributed by atoms with Crippen LogP contribution in [0.2, 0.25) is 0 Å². The van der Waals surface area contributed by atoms with Gasteiger partial charge in [-0.2, -0.15) is 5.26 Å². The largest absolute Gasteiger partial charge is 0.490 e. The molecule has 0 aliphatic heterocycles. The number of aliphatic hydroxyl groups excluding tert-OH is 1. The molecule has 0 heterocycles. The maximum absolute atomic E-state index is 8.76. The lowest BCUT2D eigenvalue weighted by molar-refractivity contribution is 0.0704. The van der Waals surface area contributed by atoms with Crippen molar-refractivity contribution < 1.29 is 14.6 Å². The predicted molar refractivity (Wildman–Crippen MR) is 54.6 cm³/mol. The number of nitrogens with zero attached hydrogens (tertiary/aromatic N) is 1. The number of hydrogen-bond acceptors (Lipinski definition) is 4. The molecule has 4 heteroatoms. The number of hydrogen-bond donors (Lipinski definition) is 1. The summed E-state index contributed by atoms with van der Waals surface area (Å²) in [6.45, 7) is 1.09. The number of aliphatic hydroxyl groups is 1. The molecule has 80 valence electrons. The summed E-state index contributed by atoms with van der Waals surface area (Å²) in [7, 11) is 0. The van der Waals surface area contributed by atoms with E-state index in [-0.39, 0.29) is 6.61 Å². The average molecular weight is 207 g/mol. The molecule has 0 aromatic heterocycles. The van der Waals surface area contributed by atoms with Gasteiger partial charge in [0.2, 0.25) is 0 Å². The van der Waals surface area contributed by atoms with E-state index in [0.717, 1.165) is 0 Å². The first-order valence-electron chi connectivity index (χ1n) is 4.69. The Balaban J connectivity index is 2.34. The standard InChI is InChI=1S/C11H13NO3/c12-9-10-3-1-2-4-11(10)15-8-7-14-6-5-13/h1-4,13H,5-8H2. The molecule has 4 nitrogen and oxygen atoms in total. The highest BCUT2D eigenvalue weighted by atomic mass is 16.5. The van der Waals surface area contributed by atoms with Gasteiger partial charge in [-0.25, -0.2) is 0 Å². The summed E-state index contributed by atoms with van der Waals surface area (Å²) in [6.07, 6.45) is 0. The summed E-state index contributed by atoms with van der Waals surface area (Å²) in [5, 5.41) is 17.2. The summed E-state index contributed by atoms with van der Waals surface area (Å²) in [6, 6.07) is 9.08. The zero-order valence-electron chi connectivity index (χ0n) is 8.35. The highest BCUT2D eigenvalue weighted by Crippen LogP contribution is 2.15. The van der Waals surface area contributed by atoms with Crippen LogP contribution in [0.25, 0.3) is 0 Å². The zero-order chi connectivity index (χ0) is 10.9. The van der Waals surface area contributed by atoms with Crippen LogP contribution in [0.5, 0.6) is 5.75 Å². The number of rotatable bonds is 6. The molecule has 1 N–H and O–H groups in total. The fourth-order valence-corrected chi connectivity index (χ4v) is 1.06. The van der Waals surface area contributed by atoms with Gasteiger partial charge in [0, 0.05) is 0 Å². The monoisotopic (exact) mass is 207 g/mol. The number of ether oxygens (including phenoxy) is 2. The lowest BCUT2D eigenvalue weighted by Gasteiger charge is -2.07. The van der Waals surface area contributed by atoms with Gasteiger partial charge < -0.3 is 14.6 Å². The highest BCUT2D eigenvalue weighted by Gasteiger charge is 2.00. The van der Waals surface area contributed by atoms with Gasteiger partial charge in [0.1, 0.15) is 18.4 Å².